The Kier molecular flexibility index (Phi) is 3.25. The summed E-state index contributed by atoms with van der Waals surface area (Å²) in [6.45, 7) is 0.747. The summed E-state index contributed by atoms with van der Waals surface area (Å²) < 4.78 is 1.74. The van der Waals surface area contributed by atoms with E-state index in [9.17, 15) is 4.79 Å². The molecule has 1 aromatic carbocycles. The molecule has 6 heteroatoms. The molecule has 1 unspecified atom stereocenters. The van der Waals surface area contributed by atoms with Gasteiger partial charge in [0.2, 0.25) is 0 Å². The predicted octanol–water partition coefficient (Wildman–Crippen LogP) is 1.79. The third-order valence-corrected chi connectivity index (χ3v) is 4.38. The minimum Gasteiger partial charge on any atom is -0.481 e. The van der Waals surface area contributed by atoms with Crippen LogP contribution in [0.25, 0.3) is 0 Å². The minimum absolute atomic E-state index is 0.0734. The van der Waals surface area contributed by atoms with Gasteiger partial charge in [-0.1, -0.05) is 23.4 Å². The lowest BCUT2D eigenvalue weighted by Crippen LogP contribution is -2.09. The maximum absolute atomic E-state index is 10.6. The van der Waals surface area contributed by atoms with Gasteiger partial charge in [0.05, 0.1) is 18.7 Å². The van der Waals surface area contributed by atoms with Crippen LogP contribution in [0.15, 0.2) is 35.4 Å². The number of aromatic nitrogens is 3. The Bertz CT molecular complexity index is 611. The molecule has 0 amide bonds. The van der Waals surface area contributed by atoms with Gasteiger partial charge < -0.3 is 5.11 Å². The summed E-state index contributed by atoms with van der Waals surface area (Å²) in [6.07, 6.45) is 1.65. The van der Waals surface area contributed by atoms with E-state index >= 15 is 0 Å². The molecule has 0 saturated carbocycles. The van der Waals surface area contributed by atoms with Crippen LogP contribution in [0.5, 0.6) is 0 Å². The van der Waals surface area contributed by atoms with Crippen LogP contribution in [-0.4, -0.2) is 31.8 Å². The van der Waals surface area contributed by atoms with Gasteiger partial charge >= 0.3 is 5.97 Å². The quantitative estimate of drug-likeness (QED) is 0.921. The summed E-state index contributed by atoms with van der Waals surface area (Å²) in [5.41, 5.74) is 1.86. The van der Waals surface area contributed by atoms with E-state index < -0.39 is 5.97 Å². The van der Waals surface area contributed by atoms with Gasteiger partial charge in [-0.05, 0) is 11.6 Å². The molecule has 0 saturated heterocycles. The van der Waals surface area contributed by atoms with E-state index in [4.69, 9.17) is 5.11 Å². The van der Waals surface area contributed by atoms with Gasteiger partial charge in [-0.3, -0.25) is 9.48 Å². The summed E-state index contributed by atoms with van der Waals surface area (Å²) in [7, 11) is 0. The Morgan fingerprint density at radius 3 is 3.16 bits per heavy atom. The molecular formula is C13H13N3O2S. The molecule has 0 bridgehead atoms. The van der Waals surface area contributed by atoms with E-state index in [1.807, 2.05) is 11.8 Å². The number of hydrogen-bond acceptors (Lipinski definition) is 4. The molecule has 0 fully saturated rings. The van der Waals surface area contributed by atoms with E-state index in [1.54, 1.807) is 10.9 Å². The van der Waals surface area contributed by atoms with Crippen LogP contribution in [0.2, 0.25) is 0 Å². The molecule has 1 atom stereocenters. The van der Waals surface area contributed by atoms with Gasteiger partial charge in [0, 0.05) is 22.8 Å². The number of carboxylic acid groups (broad SMARTS) is 1. The molecule has 2 aromatic rings. The van der Waals surface area contributed by atoms with E-state index in [1.165, 1.54) is 10.5 Å². The van der Waals surface area contributed by atoms with Crippen molar-refractivity contribution < 1.29 is 9.90 Å². The van der Waals surface area contributed by atoms with Crippen molar-refractivity contribution in [2.75, 3.05) is 5.75 Å². The summed E-state index contributed by atoms with van der Waals surface area (Å²) >= 11 is 1.86. The predicted molar refractivity (Wildman–Crippen MR) is 71.3 cm³/mol. The first kappa shape index (κ1) is 12.2. The molecule has 19 heavy (non-hydrogen) atoms. The minimum atomic E-state index is -0.881. The number of hydrogen-bond donors (Lipinski definition) is 1. The Hall–Kier alpha value is -1.82. The molecule has 0 spiro atoms. The summed E-state index contributed by atoms with van der Waals surface area (Å²) in [4.78, 5) is 11.9. The van der Waals surface area contributed by atoms with Gasteiger partial charge in [-0.25, -0.2) is 0 Å². The number of thioether (sulfide) groups is 1. The smallest absolute Gasteiger partial charge is 0.309 e. The number of nitrogens with zero attached hydrogens (tertiary/aromatic N) is 3. The number of aliphatic carboxylic acids is 1. The molecule has 1 aromatic heterocycles. The molecule has 3 rings (SSSR count). The average Bonchev–Trinajstić information content (AvgIpc) is 2.97. The highest BCUT2D eigenvalue weighted by Gasteiger charge is 2.23. The van der Waals surface area contributed by atoms with Crippen LogP contribution in [0.4, 0.5) is 0 Å². The zero-order valence-corrected chi connectivity index (χ0v) is 11.0. The molecule has 98 valence electrons. The number of fused-ring (bicyclic) bond motifs is 1. The number of benzene rings is 1. The van der Waals surface area contributed by atoms with Crippen LogP contribution in [0.1, 0.15) is 17.2 Å². The molecule has 2 heterocycles. The van der Waals surface area contributed by atoms with Crippen molar-refractivity contribution >= 4 is 17.7 Å². The fourth-order valence-electron chi connectivity index (χ4n) is 2.27. The van der Waals surface area contributed by atoms with Gasteiger partial charge in [-0.15, -0.1) is 16.9 Å². The summed E-state index contributed by atoms with van der Waals surface area (Å²) in [5.74, 6) is 0.572. The second-order valence-corrected chi connectivity index (χ2v) is 5.61. The summed E-state index contributed by atoms with van der Waals surface area (Å²) in [5, 5.41) is 16.6. The fourth-order valence-corrected chi connectivity index (χ4v) is 3.51. The van der Waals surface area contributed by atoms with Gasteiger partial charge in [0.1, 0.15) is 0 Å². The van der Waals surface area contributed by atoms with E-state index in [-0.39, 0.29) is 6.42 Å². The Labute approximate surface area is 114 Å². The molecular weight excluding hydrogens is 262 g/mol. The largest absolute Gasteiger partial charge is 0.481 e. The second kappa shape index (κ2) is 5.05. The van der Waals surface area contributed by atoms with Crippen molar-refractivity contribution in [3.8, 4) is 0 Å². The van der Waals surface area contributed by atoms with Crippen molar-refractivity contribution in [1.29, 1.82) is 0 Å². The van der Waals surface area contributed by atoms with Gasteiger partial charge in [0.15, 0.2) is 0 Å². The normalized spacial score (nSPS) is 17.4. The lowest BCUT2D eigenvalue weighted by molar-refractivity contribution is -0.136. The first-order valence-electron chi connectivity index (χ1n) is 6.05. The van der Waals surface area contributed by atoms with E-state index in [0.717, 1.165) is 12.3 Å². The van der Waals surface area contributed by atoms with Crippen molar-refractivity contribution in [2.24, 2.45) is 0 Å². The first-order chi connectivity index (χ1) is 9.22. The zero-order valence-electron chi connectivity index (χ0n) is 10.2. The standard InChI is InChI=1S/C13H13N3O2S/c17-13(18)5-10-7-16(15-14-10)6-9-8-19-12-4-2-1-3-11(9)12/h1-4,7,9H,5-6,8H2,(H,17,18). The zero-order chi connectivity index (χ0) is 13.2. The average molecular weight is 275 g/mol. The van der Waals surface area contributed by atoms with Gasteiger partial charge in [0.25, 0.3) is 0 Å². The van der Waals surface area contributed by atoms with Crippen LogP contribution in [0, 0.1) is 0 Å². The lowest BCUT2D eigenvalue weighted by atomic mass is 10.0. The molecule has 1 N–H and O–H groups in total. The maximum Gasteiger partial charge on any atom is 0.309 e. The maximum atomic E-state index is 10.6. The molecule has 1 aliphatic rings. The Balaban J connectivity index is 1.73. The van der Waals surface area contributed by atoms with Crippen molar-refractivity contribution in [3.05, 3.63) is 41.7 Å². The third-order valence-electron chi connectivity index (χ3n) is 3.12. The fraction of sp³-hybridized carbons (Fsp3) is 0.308. The highest BCUT2D eigenvalue weighted by Crippen LogP contribution is 2.39. The van der Waals surface area contributed by atoms with Crippen molar-refractivity contribution in [3.63, 3.8) is 0 Å². The Morgan fingerprint density at radius 1 is 1.47 bits per heavy atom. The van der Waals surface area contributed by atoms with Crippen molar-refractivity contribution in [2.45, 2.75) is 23.8 Å². The van der Waals surface area contributed by atoms with E-state index in [0.29, 0.717) is 11.6 Å². The molecule has 0 aliphatic carbocycles. The molecule has 0 radical (unpaired) electrons. The summed E-state index contributed by atoms with van der Waals surface area (Å²) in [6, 6.07) is 8.38. The van der Waals surface area contributed by atoms with Crippen LogP contribution in [0.3, 0.4) is 0 Å². The SMILES string of the molecule is O=C(O)Cc1cn(CC2CSc3ccccc32)nn1. The third kappa shape index (κ3) is 2.63. The second-order valence-electron chi connectivity index (χ2n) is 4.55. The molecule has 1 aliphatic heterocycles. The highest BCUT2D eigenvalue weighted by molar-refractivity contribution is 7.99. The molecule has 5 nitrogen and oxygen atoms in total. The van der Waals surface area contributed by atoms with Crippen molar-refractivity contribution in [1.82, 2.24) is 15.0 Å². The van der Waals surface area contributed by atoms with Gasteiger partial charge in [-0.2, -0.15) is 0 Å². The first-order valence-corrected chi connectivity index (χ1v) is 7.03. The number of carboxylic acids is 1. The highest BCUT2D eigenvalue weighted by atomic mass is 32.2. The van der Waals surface area contributed by atoms with Crippen LogP contribution in [-0.2, 0) is 17.8 Å². The lowest BCUT2D eigenvalue weighted by Gasteiger charge is -2.09. The monoisotopic (exact) mass is 275 g/mol. The number of carbonyl (C=O) groups is 1. The van der Waals surface area contributed by atoms with E-state index in [2.05, 4.69) is 34.6 Å². The topological polar surface area (TPSA) is 68.0 Å². The van der Waals surface area contributed by atoms with Crippen LogP contribution >= 0.6 is 11.8 Å². The Morgan fingerprint density at radius 2 is 2.32 bits per heavy atom. The number of rotatable bonds is 4. The van der Waals surface area contributed by atoms with Crippen LogP contribution < -0.4 is 0 Å².